The molecule has 18 heavy (non-hydrogen) atoms. The first-order valence-electron chi connectivity index (χ1n) is 5.19. The third-order valence-corrected chi connectivity index (χ3v) is 2.28. The summed E-state index contributed by atoms with van der Waals surface area (Å²) in [5.74, 6) is -1.35. The van der Waals surface area contributed by atoms with Gasteiger partial charge >= 0.3 is 5.97 Å². The number of esters is 1. The van der Waals surface area contributed by atoms with Gasteiger partial charge in [0.05, 0.1) is 30.2 Å². The van der Waals surface area contributed by atoms with Gasteiger partial charge in [0.15, 0.2) is 0 Å². The largest absolute Gasteiger partial charge is 0.507 e. The van der Waals surface area contributed by atoms with Gasteiger partial charge in [-0.2, -0.15) is 5.26 Å². The van der Waals surface area contributed by atoms with E-state index in [-0.39, 0.29) is 24.2 Å². The third kappa shape index (κ3) is 2.94. The molecule has 0 amide bonds. The van der Waals surface area contributed by atoms with Gasteiger partial charge < -0.3 is 9.84 Å². The third-order valence-electron chi connectivity index (χ3n) is 2.28. The second-order valence-electron chi connectivity index (χ2n) is 3.43. The summed E-state index contributed by atoms with van der Waals surface area (Å²) in [7, 11) is 0. The summed E-state index contributed by atoms with van der Waals surface area (Å²) in [6.07, 6.45) is -3.30. The van der Waals surface area contributed by atoms with Crippen LogP contribution >= 0.6 is 0 Å². The number of benzene rings is 1. The van der Waals surface area contributed by atoms with Crippen LogP contribution in [0.2, 0.25) is 0 Å². The Hall–Kier alpha value is -2.16. The van der Waals surface area contributed by atoms with Crippen LogP contribution < -0.4 is 0 Å². The maximum atomic E-state index is 12.7. The minimum Gasteiger partial charge on any atom is -0.507 e. The average molecular weight is 255 g/mol. The lowest BCUT2D eigenvalue weighted by molar-refractivity contribution is -0.142. The molecule has 0 bridgehead atoms. The van der Waals surface area contributed by atoms with Crippen LogP contribution in [0, 0.1) is 11.3 Å². The zero-order valence-electron chi connectivity index (χ0n) is 9.61. The maximum absolute atomic E-state index is 12.7. The summed E-state index contributed by atoms with van der Waals surface area (Å²) in [6.45, 7) is 1.78. The Morgan fingerprint density at radius 2 is 2.22 bits per heavy atom. The summed E-state index contributed by atoms with van der Waals surface area (Å²) >= 11 is 0. The first kappa shape index (κ1) is 13.9. The number of phenols is 1. The number of hydrogen-bond acceptors (Lipinski definition) is 4. The Morgan fingerprint density at radius 1 is 1.56 bits per heavy atom. The van der Waals surface area contributed by atoms with Gasteiger partial charge in [0.1, 0.15) is 5.75 Å². The van der Waals surface area contributed by atoms with Crippen LogP contribution in [-0.2, 0) is 16.0 Å². The van der Waals surface area contributed by atoms with E-state index >= 15 is 0 Å². The van der Waals surface area contributed by atoms with E-state index in [0.29, 0.717) is 0 Å². The number of hydrogen-bond donors (Lipinski definition) is 1. The van der Waals surface area contributed by atoms with E-state index in [1.165, 1.54) is 6.07 Å². The number of phenolic OH excluding ortho intramolecular Hbond substituents is 1. The van der Waals surface area contributed by atoms with E-state index in [4.69, 9.17) is 5.26 Å². The molecule has 96 valence electrons. The molecule has 0 unspecified atom stereocenters. The van der Waals surface area contributed by atoms with E-state index in [1.807, 2.05) is 0 Å². The van der Waals surface area contributed by atoms with Crippen LogP contribution in [0.25, 0.3) is 0 Å². The molecule has 1 rings (SSSR count). The minimum absolute atomic E-state index is 0.0164. The number of nitrogens with zero attached hydrogens (tertiary/aromatic N) is 1. The van der Waals surface area contributed by atoms with Gasteiger partial charge in [-0.3, -0.25) is 4.79 Å². The van der Waals surface area contributed by atoms with Gasteiger partial charge in [-0.15, -0.1) is 0 Å². The first-order chi connectivity index (χ1) is 8.51. The monoisotopic (exact) mass is 255 g/mol. The minimum atomic E-state index is -2.98. The fourth-order valence-electron chi connectivity index (χ4n) is 1.48. The van der Waals surface area contributed by atoms with Gasteiger partial charge in [-0.25, -0.2) is 8.78 Å². The van der Waals surface area contributed by atoms with Crippen LogP contribution in [0.5, 0.6) is 5.75 Å². The van der Waals surface area contributed by atoms with Crippen LogP contribution in [0.4, 0.5) is 8.78 Å². The van der Waals surface area contributed by atoms with Crippen LogP contribution in [-0.4, -0.2) is 17.7 Å². The predicted octanol–water partition coefficient (Wildman–Crippen LogP) is 2.31. The fraction of sp³-hybridized carbons (Fsp3) is 0.333. The summed E-state index contributed by atoms with van der Waals surface area (Å²) in [4.78, 5) is 11.2. The number of aromatic hydroxyl groups is 1. The van der Waals surface area contributed by atoms with Crippen LogP contribution in [0.15, 0.2) is 12.1 Å². The average Bonchev–Trinajstić information content (AvgIpc) is 2.31. The normalized spacial score (nSPS) is 10.2. The Balaban J connectivity index is 3.13. The molecule has 4 nitrogen and oxygen atoms in total. The number of nitriles is 1. The highest BCUT2D eigenvalue weighted by Gasteiger charge is 2.21. The van der Waals surface area contributed by atoms with E-state index in [9.17, 15) is 18.7 Å². The van der Waals surface area contributed by atoms with E-state index in [0.717, 1.165) is 6.07 Å². The number of rotatable bonds is 4. The zero-order valence-corrected chi connectivity index (χ0v) is 9.61. The van der Waals surface area contributed by atoms with Crippen molar-refractivity contribution in [3.05, 3.63) is 28.8 Å². The molecule has 0 fully saturated rings. The highest BCUT2D eigenvalue weighted by molar-refractivity contribution is 5.74. The number of ether oxygens (including phenoxy) is 1. The smallest absolute Gasteiger partial charge is 0.310 e. The summed E-state index contributed by atoms with van der Waals surface area (Å²) in [6, 6.07) is 3.98. The van der Waals surface area contributed by atoms with Gasteiger partial charge in [-0.05, 0) is 13.0 Å². The molecule has 1 aromatic rings. The molecule has 0 atom stereocenters. The molecule has 1 N–H and O–H groups in total. The molecule has 1 aromatic carbocycles. The quantitative estimate of drug-likeness (QED) is 0.838. The number of carbonyl (C=O) groups is 1. The van der Waals surface area contributed by atoms with Gasteiger partial charge in [0.25, 0.3) is 6.43 Å². The molecule has 0 saturated carbocycles. The number of carbonyl (C=O) groups excluding carboxylic acids is 1. The molecule has 0 spiro atoms. The lowest BCUT2D eigenvalue weighted by atomic mass is 10.0. The van der Waals surface area contributed by atoms with Crippen molar-refractivity contribution < 1.29 is 23.4 Å². The van der Waals surface area contributed by atoms with Crippen molar-refractivity contribution in [1.29, 1.82) is 5.26 Å². The standard InChI is InChI=1S/C12H11F2NO3/c1-2-18-9(16)5-7-3-4-8(6-15)10(11(7)17)12(13)14/h3-4,12,17H,2,5H2,1H3. The van der Waals surface area contributed by atoms with Crippen LogP contribution in [0.1, 0.15) is 30.0 Å². The number of halogens is 2. The molecule has 0 aromatic heterocycles. The summed E-state index contributed by atoms with van der Waals surface area (Å²) in [5.41, 5.74) is -1.04. The Morgan fingerprint density at radius 3 is 2.72 bits per heavy atom. The van der Waals surface area contributed by atoms with E-state index in [2.05, 4.69) is 4.74 Å². The van der Waals surface area contributed by atoms with Crippen molar-refractivity contribution in [2.24, 2.45) is 0 Å². The second kappa shape index (κ2) is 5.96. The molecule has 0 heterocycles. The Bertz CT molecular complexity index is 495. The van der Waals surface area contributed by atoms with Gasteiger partial charge in [-0.1, -0.05) is 6.07 Å². The molecule has 0 radical (unpaired) electrons. The predicted molar refractivity (Wildman–Crippen MR) is 58.1 cm³/mol. The lowest BCUT2D eigenvalue weighted by Gasteiger charge is -2.10. The van der Waals surface area contributed by atoms with Crippen molar-refractivity contribution in [3.63, 3.8) is 0 Å². The Labute approximate surface area is 102 Å². The van der Waals surface area contributed by atoms with E-state index < -0.39 is 23.7 Å². The zero-order chi connectivity index (χ0) is 13.7. The fourth-order valence-corrected chi connectivity index (χ4v) is 1.48. The molecule has 0 saturated heterocycles. The molecule has 0 aliphatic rings. The SMILES string of the molecule is CCOC(=O)Cc1ccc(C#N)c(C(F)F)c1O. The lowest BCUT2D eigenvalue weighted by Crippen LogP contribution is -2.08. The summed E-state index contributed by atoms with van der Waals surface area (Å²) in [5, 5.41) is 18.3. The van der Waals surface area contributed by atoms with Crippen molar-refractivity contribution in [3.8, 4) is 11.8 Å². The molecular formula is C12H11F2NO3. The molecular weight excluding hydrogens is 244 g/mol. The topological polar surface area (TPSA) is 70.3 Å². The maximum Gasteiger partial charge on any atom is 0.310 e. The first-order valence-corrected chi connectivity index (χ1v) is 5.19. The summed E-state index contributed by atoms with van der Waals surface area (Å²) < 4.78 is 30.1. The second-order valence-corrected chi connectivity index (χ2v) is 3.43. The van der Waals surface area contributed by atoms with Crippen molar-refractivity contribution >= 4 is 5.97 Å². The highest BCUT2D eigenvalue weighted by Crippen LogP contribution is 2.34. The van der Waals surface area contributed by atoms with Gasteiger partial charge in [0, 0.05) is 5.56 Å². The van der Waals surface area contributed by atoms with Crippen molar-refractivity contribution in [2.45, 2.75) is 19.8 Å². The molecule has 6 heteroatoms. The molecule has 0 aliphatic carbocycles. The number of alkyl halides is 2. The van der Waals surface area contributed by atoms with Crippen molar-refractivity contribution in [2.75, 3.05) is 6.61 Å². The van der Waals surface area contributed by atoms with Crippen LogP contribution in [0.3, 0.4) is 0 Å². The molecule has 0 aliphatic heterocycles. The van der Waals surface area contributed by atoms with E-state index in [1.54, 1.807) is 13.0 Å². The van der Waals surface area contributed by atoms with Crippen molar-refractivity contribution in [1.82, 2.24) is 0 Å². The highest BCUT2D eigenvalue weighted by atomic mass is 19.3. The Kier molecular flexibility index (Phi) is 4.60. The van der Waals surface area contributed by atoms with Gasteiger partial charge in [0.2, 0.25) is 0 Å².